The van der Waals surface area contributed by atoms with Gasteiger partial charge in [-0.15, -0.1) is 0 Å². The molecular formula is C14H9ClO. The summed E-state index contributed by atoms with van der Waals surface area (Å²) in [5.41, 5.74) is 5.57. The molecule has 0 saturated heterocycles. The largest absolute Gasteiger partial charge is 0.276 e. The fourth-order valence-electron chi connectivity index (χ4n) is 2.27. The molecule has 2 aromatic carbocycles. The lowest BCUT2D eigenvalue weighted by molar-refractivity contribution is 0.108. The molecule has 0 amide bonds. The maximum atomic E-state index is 11.1. The van der Waals surface area contributed by atoms with Gasteiger partial charge in [-0.3, -0.25) is 4.79 Å². The van der Waals surface area contributed by atoms with Gasteiger partial charge in [-0.25, -0.2) is 0 Å². The van der Waals surface area contributed by atoms with Crippen molar-refractivity contribution in [2.75, 3.05) is 0 Å². The molecule has 0 saturated carbocycles. The molecule has 0 bridgehead atoms. The number of carbonyl (C=O) groups excluding carboxylic acids is 1. The second kappa shape index (κ2) is 3.46. The maximum absolute atomic E-state index is 11.1. The van der Waals surface area contributed by atoms with Crippen LogP contribution >= 0.6 is 11.6 Å². The van der Waals surface area contributed by atoms with Crippen LogP contribution < -0.4 is 0 Å². The normalized spacial score (nSPS) is 12.1. The Morgan fingerprint density at radius 2 is 1.75 bits per heavy atom. The Balaban J connectivity index is 2.18. The van der Waals surface area contributed by atoms with Crippen LogP contribution in [0, 0.1) is 0 Å². The number of hydrogen-bond donors (Lipinski definition) is 0. The summed E-state index contributed by atoms with van der Waals surface area (Å²) in [6.07, 6.45) is 0.892. The second-order valence-corrected chi connectivity index (χ2v) is 4.32. The molecular weight excluding hydrogens is 220 g/mol. The molecule has 0 unspecified atom stereocenters. The summed E-state index contributed by atoms with van der Waals surface area (Å²) in [5, 5.41) is -0.390. The van der Waals surface area contributed by atoms with E-state index in [4.69, 9.17) is 11.6 Å². The van der Waals surface area contributed by atoms with Crippen molar-refractivity contribution < 1.29 is 4.79 Å². The molecule has 78 valence electrons. The first-order valence-corrected chi connectivity index (χ1v) is 5.54. The minimum Gasteiger partial charge on any atom is -0.276 e. The van der Waals surface area contributed by atoms with E-state index in [1.54, 1.807) is 6.07 Å². The Kier molecular flexibility index (Phi) is 2.08. The van der Waals surface area contributed by atoms with Crippen LogP contribution in [0.2, 0.25) is 0 Å². The van der Waals surface area contributed by atoms with Gasteiger partial charge in [-0.2, -0.15) is 0 Å². The first kappa shape index (κ1) is 9.61. The summed E-state index contributed by atoms with van der Waals surface area (Å²) in [4.78, 5) is 11.1. The van der Waals surface area contributed by atoms with Gasteiger partial charge < -0.3 is 0 Å². The van der Waals surface area contributed by atoms with Gasteiger partial charge in [0.15, 0.2) is 0 Å². The van der Waals surface area contributed by atoms with Crippen molar-refractivity contribution in [3.8, 4) is 11.1 Å². The third-order valence-electron chi connectivity index (χ3n) is 3.02. The average molecular weight is 229 g/mol. The van der Waals surface area contributed by atoms with E-state index in [1.165, 1.54) is 22.3 Å². The summed E-state index contributed by atoms with van der Waals surface area (Å²) in [6.45, 7) is 0. The van der Waals surface area contributed by atoms with E-state index in [0.29, 0.717) is 5.56 Å². The van der Waals surface area contributed by atoms with Crippen molar-refractivity contribution in [1.29, 1.82) is 0 Å². The van der Waals surface area contributed by atoms with Crippen LogP contribution in [0.5, 0.6) is 0 Å². The minimum absolute atomic E-state index is 0.390. The minimum atomic E-state index is -0.390. The van der Waals surface area contributed by atoms with E-state index < -0.39 is 5.24 Å². The van der Waals surface area contributed by atoms with Gasteiger partial charge in [-0.1, -0.05) is 30.3 Å². The van der Waals surface area contributed by atoms with E-state index >= 15 is 0 Å². The second-order valence-electron chi connectivity index (χ2n) is 3.98. The fourth-order valence-corrected chi connectivity index (χ4v) is 2.38. The molecule has 0 fully saturated rings. The monoisotopic (exact) mass is 228 g/mol. The molecule has 0 heterocycles. The molecule has 0 radical (unpaired) electrons. The van der Waals surface area contributed by atoms with Crippen LogP contribution in [0.4, 0.5) is 0 Å². The van der Waals surface area contributed by atoms with E-state index in [9.17, 15) is 4.79 Å². The first-order chi connectivity index (χ1) is 7.75. The molecule has 2 heteroatoms. The lowest BCUT2D eigenvalue weighted by Crippen LogP contribution is -1.90. The summed E-state index contributed by atoms with van der Waals surface area (Å²) in [6, 6.07) is 14.0. The van der Waals surface area contributed by atoms with Gasteiger partial charge in [-0.05, 0) is 52.4 Å². The smallest absolute Gasteiger partial charge is 0.252 e. The molecule has 0 N–H and O–H groups in total. The highest BCUT2D eigenvalue weighted by atomic mass is 35.5. The number of carbonyl (C=O) groups is 1. The van der Waals surface area contributed by atoms with E-state index in [0.717, 1.165) is 6.42 Å². The van der Waals surface area contributed by atoms with Crippen molar-refractivity contribution in [3.05, 3.63) is 59.2 Å². The Hall–Kier alpha value is -1.60. The van der Waals surface area contributed by atoms with Gasteiger partial charge >= 0.3 is 0 Å². The predicted molar refractivity (Wildman–Crippen MR) is 64.9 cm³/mol. The molecule has 3 rings (SSSR count). The molecule has 0 spiro atoms. The van der Waals surface area contributed by atoms with Crippen LogP contribution in [0.15, 0.2) is 42.5 Å². The molecule has 1 aliphatic carbocycles. The number of halogens is 1. The zero-order chi connectivity index (χ0) is 11.1. The third kappa shape index (κ3) is 1.36. The number of benzene rings is 2. The average Bonchev–Trinajstić information content (AvgIpc) is 2.66. The summed E-state index contributed by atoms with van der Waals surface area (Å²) < 4.78 is 0. The Morgan fingerprint density at radius 1 is 1.00 bits per heavy atom. The number of rotatable bonds is 1. The highest BCUT2D eigenvalue weighted by Gasteiger charge is 2.18. The van der Waals surface area contributed by atoms with Gasteiger partial charge in [0.2, 0.25) is 0 Å². The van der Waals surface area contributed by atoms with E-state index in [2.05, 4.69) is 12.1 Å². The van der Waals surface area contributed by atoms with Gasteiger partial charge in [0.25, 0.3) is 5.24 Å². The predicted octanol–water partition coefficient (Wildman–Crippen LogP) is 3.64. The zero-order valence-electron chi connectivity index (χ0n) is 8.53. The Morgan fingerprint density at radius 3 is 2.56 bits per heavy atom. The lowest BCUT2D eigenvalue weighted by atomic mass is 10.0. The van der Waals surface area contributed by atoms with Gasteiger partial charge in [0.05, 0.1) is 0 Å². The summed E-state index contributed by atoms with van der Waals surface area (Å²) >= 11 is 5.48. The molecule has 1 nitrogen and oxygen atoms in total. The first-order valence-electron chi connectivity index (χ1n) is 5.17. The topological polar surface area (TPSA) is 17.1 Å². The third-order valence-corrected chi connectivity index (χ3v) is 3.24. The van der Waals surface area contributed by atoms with Crippen LogP contribution in [0.3, 0.4) is 0 Å². The Labute approximate surface area is 98.7 Å². The maximum Gasteiger partial charge on any atom is 0.252 e. The SMILES string of the molecule is O=C(Cl)c1ccc2c(c1)Cc1ccccc1-2. The fraction of sp³-hybridized carbons (Fsp3) is 0.0714. The van der Waals surface area contributed by atoms with Gasteiger partial charge in [0, 0.05) is 5.56 Å². The van der Waals surface area contributed by atoms with Crippen molar-refractivity contribution in [3.63, 3.8) is 0 Å². The standard InChI is InChI=1S/C14H9ClO/c15-14(16)10-5-6-13-11(8-10)7-9-3-1-2-4-12(9)13/h1-6,8H,7H2. The molecule has 2 aromatic rings. The van der Waals surface area contributed by atoms with Crippen molar-refractivity contribution >= 4 is 16.8 Å². The quantitative estimate of drug-likeness (QED) is 0.582. The van der Waals surface area contributed by atoms with Crippen LogP contribution in [0.1, 0.15) is 21.5 Å². The van der Waals surface area contributed by atoms with Gasteiger partial charge in [0.1, 0.15) is 0 Å². The highest BCUT2D eigenvalue weighted by Crippen LogP contribution is 2.36. The summed E-state index contributed by atoms with van der Waals surface area (Å²) in [5.74, 6) is 0. The van der Waals surface area contributed by atoms with Crippen molar-refractivity contribution in [2.45, 2.75) is 6.42 Å². The number of fused-ring (bicyclic) bond motifs is 3. The molecule has 0 aromatic heterocycles. The lowest BCUT2D eigenvalue weighted by Gasteiger charge is -2.01. The van der Waals surface area contributed by atoms with E-state index in [1.807, 2.05) is 24.3 Å². The van der Waals surface area contributed by atoms with Crippen LogP contribution in [0.25, 0.3) is 11.1 Å². The molecule has 0 atom stereocenters. The molecule has 1 aliphatic rings. The molecule has 16 heavy (non-hydrogen) atoms. The van der Waals surface area contributed by atoms with Crippen LogP contribution in [-0.4, -0.2) is 5.24 Å². The Bertz CT molecular complexity index is 587. The van der Waals surface area contributed by atoms with Crippen molar-refractivity contribution in [2.24, 2.45) is 0 Å². The van der Waals surface area contributed by atoms with E-state index in [-0.39, 0.29) is 0 Å². The van der Waals surface area contributed by atoms with Crippen molar-refractivity contribution in [1.82, 2.24) is 0 Å². The van der Waals surface area contributed by atoms with Crippen LogP contribution in [-0.2, 0) is 6.42 Å². The molecule has 0 aliphatic heterocycles. The zero-order valence-corrected chi connectivity index (χ0v) is 9.29. The number of hydrogen-bond acceptors (Lipinski definition) is 1. The highest BCUT2D eigenvalue weighted by molar-refractivity contribution is 6.67. The summed E-state index contributed by atoms with van der Waals surface area (Å²) in [7, 11) is 0.